The van der Waals surface area contributed by atoms with Crippen LogP contribution >= 0.6 is 39.5 Å². The Labute approximate surface area is 179 Å². The van der Waals surface area contributed by atoms with Gasteiger partial charge in [0, 0.05) is 27.2 Å². The highest BCUT2D eigenvalue weighted by atomic mass is 79.9. The largest absolute Gasteiger partial charge is 0.493 e. The molecule has 5 rings (SSSR count). The van der Waals surface area contributed by atoms with Gasteiger partial charge in [-0.2, -0.15) is 0 Å². The molecule has 0 saturated carbocycles. The third kappa shape index (κ3) is 2.85. The number of benzene rings is 3. The van der Waals surface area contributed by atoms with E-state index in [1.807, 2.05) is 60.8 Å². The van der Waals surface area contributed by atoms with Crippen molar-refractivity contribution in [2.75, 3.05) is 0 Å². The summed E-state index contributed by atoms with van der Waals surface area (Å²) in [6.07, 6.45) is 3.76. The highest BCUT2D eigenvalue weighted by molar-refractivity contribution is 9.10. The van der Waals surface area contributed by atoms with Gasteiger partial charge in [-0.05, 0) is 47.9 Å². The minimum absolute atomic E-state index is 0.149. The summed E-state index contributed by atoms with van der Waals surface area (Å²) in [4.78, 5) is 5.17. The lowest BCUT2D eigenvalue weighted by molar-refractivity contribution is 0.441. The first kappa shape index (κ1) is 17.6. The first-order chi connectivity index (χ1) is 13.6. The molecule has 0 radical (unpaired) electrons. The van der Waals surface area contributed by atoms with Gasteiger partial charge >= 0.3 is 0 Å². The molecule has 1 aliphatic rings. The van der Waals surface area contributed by atoms with Gasteiger partial charge in [0.05, 0.1) is 16.3 Å². The molecule has 4 aromatic rings. The van der Waals surface area contributed by atoms with E-state index in [0.717, 1.165) is 37.8 Å². The minimum Gasteiger partial charge on any atom is -0.493 e. The van der Waals surface area contributed by atoms with E-state index in [2.05, 4.69) is 33.1 Å². The first-order valence-corrected chi connectivity index (χ1v) is 10.6. The van der Waals surface area contributed by atoms with Crippen molar-refractivity contribution < 1.29 is 5.11 Å². The van der Waals surface area contributed by atoms with Gasteiger partial charge < -0.3 is 5.11 Å². The zero-order chi connectivity index (χ0) is 19.3. The summed E-state index contributed by atoms with van der Waals surface area (Å²) in [5, 5.41) is 13.1. The number of aliphatic imine (C=N–C) groups is 1. The maximum Gasteiger partial charge on any atom is 0.215 e. The summed E-state index contributed by atoms with van der Waals surface area (Å²) in [5.74, 6) is 0.149. The number of rotatable bonds is 2. The van der Waals surface area contributed by atoms with E-state index in [9.17, 15) is 5.11 Å². The topological polar surface area (TPSA) is 37.5 Å². The monoisotopic (exact) mass is 464 g/mol. The summed E-state index contributed by atoms with van der Waals surface area (Å²) < 4.78 is 3.33. The normalized spacial score (nSPS) is 14.1. The van der Waals surface area contributed by atoms with E-state index < -0.39 is 0 Å². The van der Waals surface area contributed by atoms with Crippen molar-refractivity contribution in [1.29, 1.82) is 0 Å². The van der Waals surface area contributed by atoms with Gasteiger partial charge in [-0.25, -0.2) is 0 Å². The average Bonchev–Trinajstić information content (AvgIpc) is 3.22. The molecule has 0 amide bonds. The fraction of sp³-hybridized carbons (Fsp3) is 0. The summed E-state index contributed by atoms with van der Waals surface area (Å²) in [7, 11) is 0. The van der Waals surface area contributed by atoms with Gasteiger partial charge in [0.2, 0.25) is 5.88 Å². The average molecular weight is 465 g/mol. The molecule has 0 unspecified atom stereocenters. The Kier molecular flexibility index (Phi) is 4.27. The van der Waals surface area contributed by atoms with Gasteiger partial charge in [0.1, 0.15) is 0 Å². The fourth-order valence-electron chi connectivity index (χ4n) is 3.41. The fourth-order valence-corrected chi connectivity index (χ4v) is 5.06. The van der Waals surface area contributed by atoms with E-state index in [1.165, 1.54) is 11.3 Å². The quantitative estimate of drug-likeness (QED) is 0.320. The van der Waals surface area contributed by atoms with Crippen LogP contribution in [0.3, 0.4) is 0 Å². The van der Waals surface area contributed by atoms with E-state index >= 15 is 0 Å². The molecule has 0 bridgehead atoms. The van der Waals surface area contributed by atoms with Crippen LogP contribution in [0.5, 0.6) is 5.88 Å². The molecular formula is C22H13BrN2OS2. The van der Waals surface area contributed by atoms with Crippen molar-refractivity contribution in [2.45, 2.75) is 0 Å². The van der Waals surface area contributed by atoms with E-state index in [4.69, 9.17) is 12.2 Å². The molecular weight excluding hydrogens is 452 g/mol. The Morgan fingerprint density at radius 3 is 2.79 bits per heavy atom. The molecule has 136 valence electrons. The molecule has 1 aromatic heterocycles. The van der Waals surface area contributed by atoms with Gasteiger partial charge in [-0.3, -0.25) is 9.56 Å². The highest BCUT2D eigenvalue weighted by Crippen LogP contribution is 2.38. The molecule has 0 saturated heterocycles. The zero-order valence-corrected chi connectivity index (χ0v) is 17.7. The molecule has 3 aromatic carbocycles. The van der Waals surface area contributed by atoms with Crippen LogP contribution in [0.4, 0.5) is 5.69 Å². The van der Waals surface area contributed by atoms with Gasteiger partial charge in [0.25, 0.3) is 0 Å². The van der Waals surface area contributed by atoms with Crippen LogP contribution in [0.1, 0.15) is 10.4 Å². The summed E-state index contributed by atoms with van der Waals surface area (Å²) in [5.41, 5.74) is 3.79. The van der Waals surface area contributed by atoms with Gasteiger partial charge in [0.15, 0.2) is 3.95 Å². The smallest absolute Gasteiger partial charge is 0.215 e. The van der Waals surface area contributed by atoms with Crippen molar-refractivity contribution in [3.8, 4) is 11.6 Å². The van der Waals surface area contributed by atoms with Gasteiger partial charge in [-0.1, -0.05) is 52.3 Å². The molecule has 6 heteroatoms. The number of thiazole rings is 1. The number of allylic oxidation sites excluding steroid dienone is 1. The van der Waals surface area contributed by atoms with Crippen LogP contribution in [0, 0.1) is 3.95 Å². The summed E-state index contributed by atoms with van der Waals surface area (Å²) >= 11 is 10.5. The summed E-state index contributed by atoms with van der Waals surface area (Å²) in [6, 6.07) is 20.1. The van der Waals surface area contributed by atoms with E-state index in [1.54, 1.807) is 4.57 Å². The molecule has 3 nitrogen and oxygen atoms in total. The number of hydrogen-bond acceptors (Lipinski definition) is 4. The molecule has 0 atom stereocenters. The number of hydrogen-bond donors (Lipinski definition) is 1. The molecule has 0 spiro atoms. The van der Waals surface area contributed by atoms with Crippen molar-refractivity contribution >= 4 is 73.8 Å². The number of nitrogens with zero attached hydrogens (tertiary/aromatic N) is 2. The minimum atomic E-state index is 0.149. The Hall–Kier alpha value is -2.54. The van der Waals surface area contributed by atoms with Crippen LogP contribution in [-0.4, -0.2) is 15.9 Å². The van der Waals surface area contributed by atoms with Crippen LogP contribution in [-0.2, 0) is 0 Å². The van der Waals surface area contributed by atoms with Crippen molar-refractivity contribution in [3.63, 3.8) is 0 Å². The number of halogens is 1. The number of aromatic nitrogens is 1. The maximum atomic E-state index is 11.0. The molecule has 1 N–H and O–H groups in total. The third-order valence-electron chi connectivity index (χ3n) is 4.72. The van der Waals surface area contributed by atoms with Crippen molar-refractivity contribution in [3.05, 3.63) is 79.5 Å². The second-order valence-corrected chi connectivity index (χ2v) is 9.00. The van der Waals surface area contributed by atoms with Gasteiger partial charge in [-0.15, -0.1) is 11.3 Å². The number of fused-ring (bicyclic) bond motifs is 2. The second-order valence-electron chi connectivity index (χ2n) is 6.41. The summed E-state index contributed by atoms with van der Waals surface area (Å²) in [6.45, 7) is 0. The standard InChI is InChI=1S/C22H13BrN2OS2/c23-15-8-9-18-17(11-15)14(12-24-18)10-20-21(26)25(22(27)28-20)19-7-3-5-13-4-1-2-6-16(13)19/h1-12,26H. The molecule has 1 aliphatic heterocycles. The second kappa shape index (κ2) is 6.81. The zero-order valence-electron chi connectivity index (χ0n) is 14.5. The molecule has 28 heavy (non-hydrogen) atoms. The lowest BCUT2D eigenvalue weighted by atomic mass is 10.1. The SMILES string of the molecule is Oc1c(C=C2C=Nc3ccc(Br)cc32)sc(=S)n1-c1cccc2ccccc12. The Morgan fingerprint density at radius 2 is 1.89 bits per heavy atom. The Morgan fingerprint density at radius 1 is 1.07 bits per heavy atom. The lowest BCUT2D eigenvalue weighted by Gasteiger charge is -2.09. The molecule has 2 heterocycles. The van der Waals surface area contributed by atoms with Crippen LogP contribution in [0.25, 0.3) is 28.1 Å². The Balaban J connectivity index is 1.67. The van der Waals surface area contributed by atoms with Crippen molar-refractivity contribution in [2.24, 2.45) is 4.99 Å². The third-order valence-corrected chi connectivity index (χ3v) is 6.52. The molecule has 0 aliphatic carbocycles. The highest BCUT2D eigenvalue weighted by Gasteiger charge is 2.17. The predicted octanol–water partition coefficient (Wildman–Crippen LogP) is 7.15. The predicted molar refractivity (Wildman–Crippen MR) is 124 cm³/mol. The molecule has 0 fully saturated rings. The van der Waals surface area contributed by atoms with Crippen molar-refractivity contribution in [1.82, 2.24) is 4.57 Å². The van der Waals surface area contributed by atoms with Crippen LogP contribution in [0.15, 0.2) is 70.1 Å². The van der Waals surface area contributed by atoms with E-state index in [-0.39, 0.29) is 5.88 Å². The first-order valence-electron chi connectivity index (χ1n) is 8.60. The lowest BCUT2D eigenvalue weighted by Crippen LogP contribution is -1.94. The van der Waals surface area contributed by atoms with Crippen LogP contribution < -0.4 is 0 Å². The van der Waals surface area contributed by atoms with Crippen LogP contribution in [0.2, 0.25) is 0 Å². The maximum absolute atomic E-state index is 11.0. The number of aromatic hydroxyl groups is 1. The Bertz CT molecular complexity index is 1360. The van der Waals surface area contributed by atoms with E-state index in [0.29, 0.717) is 8.83 Å².